The molecule has 3 aliphatic rings. The van der Waals surface area contributed by atoms with Crippen molar-refractivity contribution in [3.8, 4) is 0 Å². The summed E-state index contributed by atoms with van der Waals surface area (Å²) in [5.41, 5.74) is 0.113. The fraction of sp³-hybridized carbons (Fsp3) is 0.684. The van der Waals surface area contributed by atoms with Crippen molar-refractivity contribution in [2.75, 3.05) is 32.8 Å². The van der Waals surface area contributed by atoms with E-state index in [-0.39, 0.29) is 15.5 Å². The molecule has 1 aromatic rings. The Hall–Kier alpha value is -0.700. The first-order chi connectivity index (χ1) is 12.6. The Morgan fingerprint density at radius 1 is 1.26 bits per heavy atom. The summed E-state index contributed by atoms with van der Waals surface area (Å²) in [6.07, 6.45) is 2.29. The van der Waals surface area contributed by atoms with Crippen molar-refractivity contribution in [2.24, 2.45) is 0 Å². The molecule has 0 saturated carbocycles. The number of β-amino-alcohol motifs (C(OH)–C–C–N with tert-alkyl or cyclic N) is 1. The number of piperidine rings is 1. The molecule has 0 aliphatic carbocycles. The zero-order chi connectivity index (χ0) is 19.4. The van der Waals surface area contributed by atoms with Crippen molar-refractivity contribution in [1.82, 2.24) is 9.21 Å². The molecule has 0 amide bonds. The Bertz CT molecular complexity index is 826. The number of halogens is 1. The van der Waals surface area contributed by atoms with Gasteiger partial charge in [-0.2, -0.15) is 4.31 Å². The highest BCUT2D eigenvalue weighted by molar-refractivity contribution is 7.89. The lowest BCUT2D eigenvalue weighted by molar-refractivity contribution is -0.102. The first-order valence-corrected chi connectivity index (χ1v) is 11.3. The third-order valence-corrected chi connectivity index (χ3v) is 8.51. The van der Waals surface area contributed by atoms with Gasteiger partial charge in [0.2, 0.25) is 10.0 Å². The van der Waals surface area contributed by atoms with Crippen molar-refractivity contribution in [1.29, 1.82) is 0 Å². The van der Waals surface area contributed by atoms with Crippen LogP contribution in [0.5, 0.6) is 0 Å². The van der Waals surface area contributed by atoms with Crippen LogP contribution in [0.25, 0.3) is 0 Å². The van der Waals surface area contributed by atoms with E-state index < -0.39 is 15.6 Å². The second-order valence-corrected chi connectivity index (χ2v) is 10.9. The van der Waals surface area contributed by atoms with Gasteiger partial charge in [-0.3, -0.25) is 4.90 Å². The fourth-order valence-electron chi connectivity index (χ4n) is 4.58. The van der Waals surface area contributed by atoms with E-state index in [1.807, 2.05) is 13.8 Å². The van der Waals surface area contributed by atoms with Gasteiger partial charge in [-0.1, -0.05) is 17.7 Å². The summed E-state index contributed by atoms with van der Waals surface area (Å²) in [7, 11) is -3.59. The minimum absolute atomic E-state index is 0.179. The maximum absolute atomic E-state index is 13.0. The largest absolute Gasteiger partial charge is 0.388 e. The van der Waals surface area contributed by atoms with E-state index in [4.69, 9.17) is 16.3 Å². The smallest absolute Gasteiger partial charge is 0.244 e. The number of ether oxygens (including phenoxy) is 1. The summed E-state index contributed by atoms with van der Waals surface area (Å²) in [6.45, 7) is 6.65. The standard InChI is InChI=1S/C19H27ClN2O4S/c1-14-3-4-17(16(20)9-14)27(24,25)22-7-5-19(6-8-22)10-15(11-26-19)21-12-18(2,23)13-21/h3-4,9,15,23H,5-8,10-13H2,1-2H3. The molecule has 1 spiro atoms. The number of sulfonamides is 1. The molecule has 0 radical (unpaired) electrons. The average molecular weight is 415 g/mol. The quantitative estimate of drug-likeness (QED) is 0.819. The maximum Gasteiger partial charge on any atom is 0.244 e. The number of nitrogens with zero attached hydrogens (tertiary/aromatic N) is 2. The Morgan fingerprint density at radius 3 is 2.52 bits per heavy atom. The summed E-state index contributed by atoms with van der Waals surface area (Å²) in [5, 5.41) is 10.2. The number of hydrogen-bond donors (Lipinski definition) is 1. The number of likely N-dealkylation sites (tertiary alicyclic amines) is 1. The van der Waals surface area contributed by atoms with Crippen LogP contribution in [0.4, 0.5) is 0 Å². The molecular weight excluding hydrogens is 388 g/mol. The molecule has 3 saturated heterocycles. The maximum atomic E-state index is 13.0. The molecule has 3 fully saturated rings. The topological polar surface area (TPSA) is 70.1 Å². The van der Waals surface area contributed by atoms with Crippen molar-refractivity contribution in [2.45, 2.75) is 55.2 Å². The summed E-state index contributed by atoms with van der Waals surface area (Å²) in [6, 6.07) is 5.37. The van der Waals surface area contributed by atoms with Gasteiger partial charge in [0.25, 0.3) is 0 Å². The Labute approximate surface area is 166 Å². The third kappa shape index (κ3) is 3.66. The highest BCUT2D eigenvalue weighted by atomic mass is 35.5. The molecule has 6 nitrogen and oxygen atoms in total. The Balaban J connectivity index is 1.40. The molecule has 0 aromatic heterocycles. The Kier molecular flexibility index (Phi) is 4.85. The number of benzene rings is 1. The van der Waals surface area contributed by atoms with Gasteiger partial charge >= 0.3 is 0 Å². The molecule has 8 heteroatoms. The van der Waals surface area contributed by atoms with Gasteiger partial charge in [0.15, 0.2) is 0 Å². The van der Waals surface area contributed by atoms with E-state index in [9.17, 15) is 13.5 Å². The highest BCUT2D eigenvalue weighted by Gasteiger charge is 2.49. The van der Waals surface area contributed by atoms with Gasteiger partial charge in [0, 0.05) is 32.2 Å². The lowest BCUT2D eigenvalue weighted by atomic mass is 9.86. The third-order valence-electron chi connectivity index (χ3n) is 6.13. The van der Waals surface area contributed by atoms with E-state index >= 15 is 0 Å². The summed E-state index contributed by atoms with van der Waals surface area (Å²) in [4.78, 5) is 2.45. The molecular formula is C19H27ClN2O4S. The van der Waals surface area contributed by atoms with Crippen LogP contribution in [0, 0.1) is 6.92 Å². The first-order valence-electron chi connectivity index (χ1n) is 9.47. The van der Waals surface area contributed by atoms with Gasteiger partial charge < -0.3 is 9.84 Å². The van der Waals surface area contributed by atoms with Crippen LogP contribution < -0.4 is 0 Å². The molecule has 0 bridgehead atoms. The van der Waals surface area contributed by atoms with E-state index in [1.165, 1.54) is 4.31 Å². The molecule has 1 aromatic carbocycles. The van der Waals surface area contributed by atoms with E-state index in [1.54, 1.807) is 18.2 Å². The van der Waals surface area contributed by atoms with Gasteiger partial charge in [-0.25, -0.2) is 8.42 Å². The molecule has 1 N–H and O–H groups in total. The Morgan fingerprint density at radius 2 is 1.93 bits per heavy atom. The van der Waals surface area contributed by atoms with Crippen LogP contribution in [0.2, 0.25) is 5.02 Å². The van der Waals surface area contributed by atoms with Crippen molar-refractivity contribution < 1.29 is 18.3 Å². The molecule has 27 heavy (non-hydrogen) atoms. The first kappa shape index (κ1) is 19.6. The summed E-state index contributed by atoms with van der Waals surface area (Å²) >= 11 is 6.20. The highest BCUT2D eigenvalue weighted by Crippen LogP contribution is 2.41. The molecule has 150 valence electrons. The number of hydrogen-bond acceptors (Lipinski definition) is 5. The molecule has 3 aliphatic heterocycles. The normalized spacial score (nSPS) is 28.4. The van der Waals surface area contributed by atoms with Crippen LogP contribution in [-0.2, 0) is 14.8 Å². The average Bonchev–Trinajstić information content (AvgIpc) is 2.96. The minimum atomic E-state index is -3.59. The predicted octanol–water partition coefficient (Wildman–Crippen LogP) is 2.03. The van der Waals surface area contributed by atoms with Gasteiger partial charge in [0.05, 0.1) is 22.8 Å². The summed E-state index contributed by atoms with van der Waals surface area (Å²) < 4.78 is 33.7. The van der Waals surface area contributed by atoms with Crippen LogP contribution in [0.1, 0.15) is 31.7 Å². The molecule has 1 atom stereocenters. The molecule has 3 heterocycles. The van der Waals surface area contributed by atoms with Crippen molar-refractivity contribution in [3.63, 3.8) is 0 Å². The molecule has 4 rings (SSSR count). The minimum Gasteiger partial charge on any atom is -0.388 e. The van der Waals surface area contributed by atoms with Crippen LogP contribution in [0.3, 0.4) is 0 Å². The number of aliphatic hydroxyl groups is 1. The lowest BCUT2D eigenvalue weighted by Gasteiger charge is -2.47. The summed E-state index contributed by atoms with van der Waals surface area (Å²) in [5.74, 6) is 0. The van der Waals surface area contributed by atoms with Crippen LogP contribution in [-0.4, -0.2) is 72.8 Å². The number of rotatable bonds is 3. The van der Waals surface area contributed by atoms with Crippen LogP contribution in [0.15, 0.2) is 23.1 Å². The van der Waals surface area contributed by atoms with Gasteiger partial charge in [-0.05, 0) is 50.8 Å². The van der Waals surface area contributed by atoms with Crippen LogP contribution >= 0.6 is 11.6 Å². The van der Waals surface area contributed by atoms with E-state index in [0.717, 1.165) is 12.0 Å². The van der Waals surface area contributed by atoms with Gasteiger partial charge in [-0.15, -0.1) is 0 Å². The van der Waals surface area contributed by atoms with Crippen molar-refractivity contribution >= 4 is 21.6 Å². The van der Waals surface area contributed by atoms with Gasteiger partial charge in [0.1, 0.15) is 4.90 Å². The monoisotopic (exact) mass is 414 g/mol. The zero-order valence-corrected chi connectivity index (χ0v) is 17.4. The molecule has 1 unspecified atom stereocenters. The lowest BCUT2D eigenvalue weighted by Crippen LogP contribution is -2.63. The van der Waals surface area contributed by atoms with Crippen molar-refractivity contribution in [3.05, 3.63) is 28.8 Å². The second-order valence-electron chi connectivity index (χ2n) is 8.59. The van der Waals surface area contributed by atoms with E-state index in [0.29, 0.717) is 51.7 Å². The van der Waals surface area contributed by atoms with E-state index in [2.05, 4.69) is 4.90 Å². The zero-order valence-electron chi connectivity index (χ0n) is 15.8. The number of aryl methyl sites for hydroxylation is 1. The predicted molar refractivity (Wildman–Crippen MR) is 103 cm³/mol. The fourth-order valence-corrected chi connectivity index (χ4v) is 6.59. The SMILES string of the molecule is Cc1ccc(S(=O)(=O)N2CCC3(CC2)CC(N2CC(C)(O)C2)CO3)c(Cl)c1. The second kappa shape index (κ2) is 6.68.